The van der Waals surface area contributed by atoms with Crippen LogP contribution in [0.5, 0.6) is 11.5 Å². The molecule has 102 valence electrons. The van der Waals surface area contributed by atoms with Gasteiger partial charge in [0, 0.05) is 23.3 Å². The number of anilines is 1. The van der Waals surface area contributed by atoms with Gasteiger partial charge in [-0.25, -0.2) is 4.98 Å². The average Bonchev–Trinajstić information content (AvgIpc) is 2.93. The first-order valence-corrected chi connectivity index (χ1v) is 7.09. The third kappa shape index (κ3) is 3.38. The van der Waals surface area contributed by atoms with Crippen LogP contribution in [0.25, 0.3) is 0 Å². The standard InChI is InChI=1S/C14H18N2O2S/c1-4-18-13-9-11(5-6-12(13)17-3)16-10(2)14-15-7-8-19-14/h5-10,16H,4H2,1-3H3. The van der Waals surface area contributed by atoms with Crippen LogP contribution in [0, 0.1) is 0 Å². The van der Waals surface area contributed by atoms with Crippen molar-refractivity contribution in [3.63, 3.8) is 0 Å². The highest BCUT2D eigenvalue weighted by atomic mass is 32.1. The number of hydrogen-bond donors (Lipinski definition) is 1. The lowest BCUT2D eigenvalue weighted by atomic mass is 10.2. The fourth-order valence-electron chi connectivity index (χ4n) is 1.79. The number of hydrogen-bond acceptors (Lipinski definition) is 5. The van der Waals surface area contributed by atoms with E-state index in [-0.39, 0.29) is 6.04 Å². The maximum Gasteiger partial charge on any atom is 0.163 e. The molecule has 0 aliphatic carbocycles. The molecule has 1 N–H and O–H groups in total. The van der Waals surface area contributed by atoms with E-state index in [2.05, 4.69) is 17.2 Å². The quantitative estimate of drug-likeness (QED) is 0.874. The van der Waals surface area contributed by atoms with Crippen LogP contribution in [0.15, 0.2) is 29.8 Å². The number of nitrogens with zero attached hydrogens (tertiary/aromatic N) is 1. The van der Waals surface area contributed by atoms with Crippen molar-refractivity contribution >= 4 is 17.0 Å². The van der Waals surface area contributed by atoms with E-state index in [1.807, 2.05) is 36.7 Å². The SMILES string of the molecule is CCOc1cc(NC(C)c2nccs2)ccc1OC. The lowest BCUT2D eigenvalue weighted by Gasteiger charge is -2.15. The smallest absolute Gasteiger partial charge is 0.163 e. The lowest BCUT2D eigenvalue weighted by molar-refractivity contribution is 0.311. The number of nitrogens with one attached hydrogen (secondary N) is 1. The Morgan fingerprint density at radius 3 is 2.84 bits per heavy atom. The Hall–Kier alpha value is -1.75. The van der Waals surface area contributed by atoms with E-state index in [4.69, 9.17) is 9.47 Å². The summed E-state index contributed by atoms with van der Waals surface area (Å²) in [6.45, 7) is 4.66. The number of benzene rings is 1. The van der Waals surface area contributed by atoms with E-state index in [0.717, 1.165) is 22.2 Å². The molecular weight excluding hydrogens is 260 g/mol. The Morgan fingerprint density at radius 1 is 1.37 bits per heavy atom. The van der Waals surface area contributed by atoms with Gasteiger partial charge in [0.1, 0.15) is 5.01 Å². The highest BCUT2D eigenvalue weighted by Gasteiger charge is 2.10. The first kappa shape index (κ1) is 13.7. The molecule has 4 nitrogen and oxygen atoms in total. The van der Waals surface area contributed by atoms with Crippen molar-refractivity contribution in [1.82, 2.24) is 4.98 Å². The Morgan fingerprint density at radius 2 is 2.21 bits per heavy atom. The predicted molar refractivity (Wildman–Crippen MR) is 78.3 cm³/mol. The molecule has 0 radical (unpaired) electrons. The van der Waals surface area contributed by atoms with E-state index in [1.165, 1.54) is 0 Å². The van der Waals surface area contributed by atoms with Crippen LogP contribution in [0.3, 0.4) is 0 Å². The predicted octanol–water partition coefficient (Wildman–Crippen LogP) is 3.72. The molecule has 1 heterocycles. The van der Waals surface area contributed by atoms with Crippen molar-refractivity contribution in [1.29, 1.82) is 0 Å². The minimum atomic E-state index is 0.169. The zero-order valence-corrected chi connectivity index (χ0v) is 12.2. The lowest BCUT2D eigenvalue weighted by Crippen LogP contribution is -2.06. The summed E-state index contributed by atoms with van der Waals surface area (Å²) in [6, 6.07) is 6.00. The van der Waals surface area contributed by atoms with Gasteiger partial charge in [0.2, 0.25) is 0 Å². The van der Waals surface area contributed by atoms with E-state index < -0.39 is 0 Å². The van der Waals surface area contributed by atoms with Gasteiger partial charge in [0.15, 0.2) is 11.5 Å². The molecule has 19 heavy (non-hydrogen) atoms. The number of ether oxygens (including phenoxy) is 2. The van der Waals surface area contributed by atoms with Gasteiger partial charge in [0.25, 0.3) is 0 Å². The summed E-state index contributed by atoms with van der Waals surface area (Å²) in [5.74, 6) is 1.50. The Labute approximate surface area is 117 Å². The summed E-state index contributed by atoms with van der Waals surface area (Å²) in [7, 11) is 1.64. The molecule has 0 spiro atoms. The molecule has 1 unspecified atom stereocenters. The summed E-state index contributed by atoms with van der Waals surface area (Å²) < 4.78 is 10.8. The monoisotopic (exact) mass is 278 g/mol. The Balaban J connectivity index is 2.14. The summed E-state index contributed by atoms with van der Waals surface area (Å²) in [5, 5.41) is 6.45. The molecule has 0 fully saturated rings. The molecule has 0 saturated carbocycles. The molecule has 5 heteroatoms. The number of methoxy groups -OCH3 is 1. The van der Waals surface area contributed by atoms with Crippen LogP contribution in [0.2, 0.25) is 0 Å². The van der Waals surface area contributed by atoms with Crippen molar-refractivity contribution in [3.05, 3.63) is 34.8 Å². The second kappa shape index (κ2) is 6.43. The zero-order valence-electron chi connectivity index (χ0n) is 11.3. The summed E-state index contributed by atoms with van der Waals surface area (Å²) in [6.07, 6.45) is 1.82. The molecule has 0 bridgehead atoms. The van der Waals surface area contributed by atoms with Crippen LogP contribution >= 0.6 is 11.3 Å². The van der Waals surface area contributed by atoms with Gasteiger partial charge in [-0.05, 0) is 26.0 Å². The van der Waals surface area contributed by atoms with Crippen LogP contribution < -0.4 is 14.8 Å². The second-order valence-electron chi connectivity index (χ2n) is 4.04. The number of thiazole rings is 1. The molecule has 0 aliphatic heterocycles. The molecule has 0 aliphatic rings. The van der Waals surface area contributed by atoms with Gasteiger partial charge < -0.3 is 14.8 Å². The van der Waals surface area contributed by atoms with Crippen molar-refractivity contribution < 1.29 is 9.47 Å². The van der Waals surface area contributed by atoms with Gasteiger partial charge in [-0.2, -0.15) is 0 Å². The topological polar surface area (TPSA) is 43.4 Å². The van der Waals surface area contributed by atoms with Crippen LogP contribution in [-0.2, 0) is 0 Å². The van der Waals surface area contributed by atoms with Gasteiger partial charge >= 0.3 is 0 Å². The van der Waals surface area contributed by atoms with Gasteiger partial charge in [0.05, 0.1) is 19.8 Å². The van der Waals surface area contributed by atoms with Gasteiger partial charge in [-0.1, -0.05) is 0 Å². The third-order valence-electron chi connectivity index (χ3n) is 2.67. The van der Waals surface area contributed by atoms with E-state index in [1.54, 1.807) is 18.4 Å². The average molecular weight is 278 g/mol. The zero-order chi connectivity index (χ0) is 13.7. The normalized spacial score (nSPS) is 11.9. The van der Waals surface area contributed by atoms with Gasteiger partial charge in [-0.15, -0.1) is 11.3 Å². The fraction of sp³-hybridized carbons (Fsp3) is 0.357. The van der Waals surface area contributed by atoms with Crippen molar-refractivity contribution in [3.8, 4) is 11.5 Å². The molecule has 1 aromatic carbocycles. The second-order valence-corrected chi connectivity index (χ2v) is 4.96. The van der Waals surface area contributed by atoms with Crippen LogP contribution in [-0.4, -0.2) is 18.7 Å². The Bertz CT molecular complexity index is 514. The Kier molecular flexibility index (Phi) is 4.63. The summed E-state index contributed by atoms with van der Waals surface area (Å²) >= 11 is 1.64. The first-order chi connectivity index (χ1) is 9.24. The minimum absolute atomic E-state index is 0.169. The number of rotatable bonds is 6. The molecule has 0 saturated heterocycles. The maximum atomic E-state index is 5.56. The minimum Gasteiger partial charge on any atom is -0.493 e. The highest BCUT2D eigenvalue weighted by Crippen LogP contribution is 2.31. The van der Waals surface area contributed by atoms with Gasteiger partial charge in [-0.3, -0.25) is 0 Å². The molecular formula is C14H18N2O2S. The van der Waals surface area contributed by atoms with Crippen LogP contribution in [0.4, 0.5) is 5.69 Å². The largest absolute Gasteiger partial charge is 0.493 e. The van der Waals surface area contributed by atoms with E-state index in [0.29, 0.717) is 6.61 Å². The molecule has 1 atom stereocenters. The number of aromatic nitrogens is 1. The summed E-state index contributed by atoms with van der Waals surface area (Å²) in [5.41, 5.74) is 0.993. The maximum absolute atomic E-state index is 5.56. The van der Waals surface area contributed by atoms with Crippen molar-refractivity contribution in [2.75, 3.05) is 19.0 Å². The molecule has 1 aromatic heterocycles. The highest BCUT2D eigenvalue weighted by molar-refractivity contribution is 7.09. The van der Waals surface area contributed by atoms with Crippen LogP contribution in [0.1, 0.15) is 24.9 Å². The van der Waals surface area contributed by atoms with E-state index in [9.17, 15) is 0 Å². The van der Waals surface area contributed by atoms with E-state index >= 15 is 0 Å². The molecule has 2 rings (SSSR count). The fourth-order valence-corrected chi connectivity index (χ4v) is 2.44. The third-order valence-corrected chi connectivity index (χ3v) is 3.63. The van der Waals surface area contributed by atoms with Crippen molar-refractivity contribution in [2.45, 2.75) is 19.9 Å². The first-order valence-electron chi connectivity index (χ1n) is 6.21. The summed E-state index contributed by atoms with van der Waals surface area (Å²) in [4.78, 5) is 4.30. The molecule has 0 amide bonds. The molecule has 2 aromatic rings. The van der Waals surface area contributed by atoms with Crippen molar-refractivity contribution in [2.24, 2.45) is 0 Å².